The predicted octanol–water partition coefficient (Wildman–Crippen LogP) is 2.18. The van der Waals surface area contributed by atoms with Crippen LogP contribution in [0, 0.1) is 17.8 Å². The molecule has 1 aromatic carbocycles. The topological polar surface area (TPSA) is 55.1 Å². The molecule has 0 radical (unpaired) electrons. The van der Waals surface area contributed by atoms with Gasteiger partial charge in [-0.05, 0) is 30.5 Å². The van der Waals surface area contributed by atoms with Gasteiger partial charge in [0.1, 0.15) is 0 Å². The number of carbonyl (C=O) groups excluding carboxylic acids is 1. The molecule has 2 rings (SSSR count). The Morgan fingerprint density at radius 1 is 1.58 bits per heavy atom. The van der Waals surface area contributed by atoms with Crippen molar-refractivity contribution < 1.29 is 4.79 Å². The number of nitrogens with one attached hydrogen (secondary N) is 1. The fraction of sp³-hybridized carbons (Fsp3) is 0.400. The van der Waals surface area contributed by atoms with Gasteiger partial charge in [0.25, 0.3) is 5.91 Å². The third-order valence-corrected chi connectivity index (χ3v) is 3.63. The van der Waals surface area contributed by atoms with E-state index in [1.807, 2.05) is 0 Å². The lowest BCUT2D eigenvalue weighted by atomic mass is 10.1. The maximum absolute atomic E-state index is 12.0. The highest BCUT2D eigenvalue weighted by atomic mass is 35.5. The van der Waals surface area contributed by atoms with E-state index < -0.39 is 0 Å². The minimum absolute atomic E-state index is 0.0683. The Balaban J connectivity index is 2.05. The molecular formula is C15H17ClN2O. The summed E-state index contributed by atoms with van der Waals surface area (Å²) in [5.74, 6) is 6.18. The molecule has 1 aliphatic carbocycles. The number of benzene rings is 1. The second-order valence-corrected chi connectivity index (χ2v) is 5.09. The molecule has 0 spiro atoms. The van der Waals surface area contributed by atoms with Gasteiger partial charge in [0.05, 0.1) is 11.6 Å². The summed E-state index contributed by atoms with van der Waals surface area (Å²) in [4.78, 5) is 12.0. The van der Waals surface area contributed by atoms with Gasteiger partial charge in [-0.3, -0.25) is 4.79 Å². The molecule has 3 nitrogen and oxygen atoms in total. The van der Waals surface area contributed by atoms with Crippen molar-refractivity contribution in [3.05, 3.63) is 34.3 Å². The standard InChI is InChI=1S/C15H17ClN2O/c1-2-10-9-14(10)18-15(19)12-6-5-11(4-3-7-17)13(16)8-12/h5-6,8,10,14H,2,7,9,17H2,1H3,(H,18,19). The predicted molar refractivity (Wildman–Crippen MR) is 77.0 cm³/mol. The van der Waals surface area contributed by atoms with E-state index in [0.29, 0.717) is 34.7 Å². The van der Waals surface area contributed by atoms with Gasteiger partial charge in [0.2, 0.25) is 0 Å². The van der Waals surface area contributed by atoms with Gasteiger partial charge in [-0.1, -0.05) is 36.8 Å². The maximum atomic E-state index is 12.0. The van der Waals surface area contributed by atoms with Crippen LogP contribution in [-0.4, -0.2) is 18.5 Å². The molecule has 100 valence electrons. The fourth-order valence-corrected chi connectivity index (χ4v) is 2.26. The van der Waals surface area contributed by atoms with Crippen LogP contribution in [0.25, 0.3) is 0 Å². The molecule has 1 saturated carbocycles. The SMILES string of the molecule is CCC1CC1NC(=O)c1ccc(C#CCN)c(Cl)c1. The van der Waals surface area contributed by atoms with Crippen LogP contribution in [0.3, 0.4) is 0 Å². The van der Waals surface area contributed by atoms with E-state index in [1.165, 1.54) is 0 Å². The molecule has 4 heteroatoms. The van der Waals surface area contributed by atoms with Crippen molar-refractivity contribution in [3.63, 3.8) is 0 Å². The van der Waals surface area contributed by atoms with Gasteiger partial charge in [-0.15, -0.1) is 0 Å². The van der Waals surface area contributed by atoms with E-state index in [9.17, 15) is 4.79 Å². The van der Waals surface area contributed by atoms with Crippen molar-refractivity contribution in [3.8, 4) is 11.8 Å². The van der Waals surface area contributed by atoms with Crippen LogP contribution in [0.4, 0.5) is 0 Å². The monoisotopic (exact) mass is 276 g/mol. The quantitative estimate of drug-likeness (QED) is 0.832. The third kappa shape index (κ3) is 3.50. The average molecular weight is 277 g/mol. The summed E-state index contributed by atoms with van der Waals surface area (Å²) < 4.78 is 0. The Bertz CT molecular complexity index is 545. The molecule has 0 heterocycles. The molecule has 3 N–H and O–H groups in total. The zero-order valence-electron chi connectivity index (χ0n) is 10.9. The Kier molecular flexibility index (Phi) is 4.47. The van der Waals surface area contributed by atoms with Gasteiger partial charge in [-0.2, -0.15) is 0 Å². The molecule has 1 fully saturated rings. The van der Waals surface area contributed by atoms with Crippen LogP contribution in [0.1, 0.15) is 35.7 Å². The van der Waals surface area contributed by atoms with Crippen LogP contribution < -0.4 is 11.1 Å². The first kappa shape index (κ1) is 13.9. The van der Waals surface area contributed by atoms with Crippen LogP contribution in [0.15, 0.2) is 18.2 Å². The van der Waals surface area contributed by atoms with Gasteiger partial charge >= 0.3 is 0 Å². The summed E-state index contributed by atoms with van der Waals surface area (Å²) in [6.45, 7) is 2.43. The van der Waals surface area contributed by atoms with Crippen molar-refractivity contribution in [1.82, 2.24) is 5.32 Å². The Morgan fingerprint density at radius 3 is 2.95 bits per heavy atom. The van der Waals surface area contributed by atoms with Crippen LogP contribution in [0.5, 0.6) is 0 Å². The molecule has 0 bridgehead atoms. The summed E-state index contributed by atoms with van der Waals surface area (Å²) in [7, 11) is 0. The van der Waals surface area contributed by atoms with Crippen molar-refractivity contribution in [2.75, 3.05) is 6.54 Å². The normalized spacial score (nSPS) is 20.4. The van der Waals surface area contributed by atoms with E-state index in [1.54, 1.807) is 18.2 Å². The molecule has 1 amide bonds. The molecule has 19 heavy (non-hydrogen) atoms. The second-order valence-electron chi connectivity index (χ2n) is 4.68. The highest BCUT2D eigenvalue weighted by molar-refractivity contribution is 6.32. The summed E-state index contributed by atoms with van der Waals surface area (Å²) in [5, 5.41) is 3.49. The van der Waals surface area contributed by atoms with Crippen molar-refractivity contribution in [1.29, 1.82) is 0 Å². The third-order valence-electron chi connectivity index (χ3n) is 3.32. The first-order valence-electron chi connectivity index (χ1n) is 6.45. The van der Waals surface area contributed by atoms with Crippen molar-refractivity contribution >= 4 is 17.5 Å². The highest BCUT2D eigenvalue weighted by Crippen LogP contribution is 2.33. The van der Waals surface area contributed by atoms with Crippen LogP contribution in [0.2, 0.25) is 5.02 Å². The maximum Gasteiger partial charge on any atom is 0.251 e. The minimum Gasteiger partial charge on any atom is -0.349 e. The lowest BCUT2D eigenvalue weighted by Gasteiger charge is -2.05. The van der Waals surface area contributed by atoms with Crippen LogP contribution >= 0.6 is 11.6 Å². The molecule has 0 aliphatic heterocycles. The molecule has 0 saturated heterocycles. The zero-order chi connectivity index (χ0) is 13.8. The van der Waals surface area contributed by atoms with Gasteiger partial charge in [-0.25, -0.2) is 0 Å². The summed E-state index contributed by atoms with van der Waals surface area (Å²) in [6, 6.07) is 5.48. The molecule has 2 unspecified atom stereocenters. The molecule has 2 atom stereocenters. The zero-order valence-corrected chi connectivity index (χ0v) is 11.6. The molecule has 1 aromatic rings. The summed E-state index contributed by atoms with van der Waals surface area (Å²) in [5.41, 5.74) is 6.58. The van der Waals surface area contributed by atoms with E-state index in [-0.39, 0.29) is 5.91 Å². The number of carbonyl (C=O) groups is 1. The van der Waals surface area contributed by atoms with Gasteiger partial charge in [0, 0.05) is 17.2 Å². The number of rotatable bonds is 3. The molecule has 1 aliphatic rings. The number of amides is 1. The summed E-state index contributed by atoms with van der Waals surface area (Å²) in [6.07, 6.45) is 2.19. The molecular weight excluding hydrogens is 260 g/mol. The van der Waals surface area contributed by atoms with Crippen molar-refractivity contribution in [2.24, 2.45) is 11.7 Å². The fourth-order valence-electron chi connectivity index (χ4n) is 2.03. The van der Waals surface area contributed by atoms with E-state index in [2.05, 4.69) is 24.1 Å². The average Bonchev–Trinajstić information content (AvgIpc) is 3.15. The Hall–Kier alpha value is -1.50. The van der Waals surface area contributed by atoms with Crippen LogP contribution in [-0.2, 0) is 0 Å². The highest BCUT2D eigenvalue weighted by Gasteiger charge is 2.36. The number of hydrogen-bond acceptors (Lipinski definition) is 2. The Morgan fingerprint density at radius 2 is 2.37 bits per heavy atom. The first-order chi connectivity index (χ1) is 9.15. The lowest BCUT2D eigenvalue weighted by Crippen LogP contribution is -2.26. The summed E-state index contributed by atoms with van der Waals surface area (Å²) >= 11 is 6.09. The number of nitrogens with two attached hydrogens (primary N) is 1. The number of hydrogen-bond donors (Lipinski definition) is 2. The second kappa shape index (κ2) is 6.10. The lowest BCUT2D eigenvalue weighted by molar-refractivity contribution is 0.0949. The number of halogens is 1. The minimum atomic E-state index is -0.0683. The Labute approximate surface area is 118 Å². The smallest absolute Gasteiger partial charge is 0.251 e. The van der Waals surface area contributed by atoms with E-state index in [4.69, 9.17) is 17.3 Å². The van der Waals surface area contributed by atoms with Crippen molar-refractivity contribution in [2.45, 2.75) is 25.8 Å². The van der Waals surface area contributed by atoms with Gasteiger partial charge in [0.15, 0.2) is 0 Å². The largest absolute Gasteiger partial charge is 0.349 e. The first-order valence-corrected chi connectivity index (χ1v) is 6.82. The van der Waals surface area contributed by atoms with E-state index in [0.717, 1.165) is 12.8 Å². The molecule has 0 aromatic heterocycles. The van der Waals surface area contributed by atoms with E-state index >= 15 is 0 Å². The van der Waals surface area contributed by atoms with Gasteiger partial charge < -0.3 is 11.1 Å².